The Balaban J connectivity index is 1.69. The number of rotatable bonds is 8. The van der Waals surface area contributed by atoms with E-state index in [1.165, 1.54) is 30.4 Å². The lowest BCUT2D eigenvalue weighted by atomic mass is 9.99. The molecule has 0 aromatic heterocycles. The fraction of sp³-hybridized carbons (Fsp3) is 0.417. The number of phenolic OH excluding ortho intramolecular Hbond substituents is 1. The summed E-state index contributed by atoms with van der Waals surface area (Å²) in [7, 11) is 0. The molecule has 0 saturated carbocycles. The summed E-state index contributed by atoms with van der Waals surface area (Å²) in [4.78, 5) is 24.2. The highest BCUT2D eigenvalue weighted by Gasteiger charge is 2.44. The number of phenols is 1. The van der Waals surface area contributed by atoms with Crippen molar-refractivity contribution in [1.82, 2.24) is 0 Å². The van der Waals surface area contributed by atoms with Crippen molar-refractivity contribution in [2.45, 2.75) is 50.2 Å². The van der Waals surface area contributed by atoms with Gasteiger partial charge in [0.25, 0.3) is 0 Å². The van der Waals surface area contributed by atoms with Gasteiger partial charge in [0, 0.05) is 18.1 Å². The molecular weight excluding hydrogens is 464 g/mol. The first kappa shape index (κ1) is 26.5. The summed E-state index contributed by atoms with van der Waals surface area (Å²) in [5.74, 6) is -1.83. The van der Waals surface area contributed by atoms with Gasteiger partial charge in [0.15, 0.2) is 6.29 Å². The zero-order valence-corrected chi connectivity index (χ0v) is 18.9. The largest absolute Gasteiger partial charge is 0.508 e. The van der Waals surface area contributed by atoms with Crippen molar-refractivity contribution in [3.63, 3.8) is 0 Å². The van der Waals surface area contributed by atoms with Crippen molar-refractivity contribution < 1.29 is 54.4 Å². The van der Waals surface area contributed by atoms with Crippen LogP contribution in [0.1, 0.15) is 18.9 Å². The van der Waals surface area contributed by atoms with Gasteiger partial charge in [-0.25, -0.2) is 9.59 Å². The van der Waals surface area contributed by atoms with Crippen LogP contribution in [0.25, 0.3) is 6.08 Å². The number of carboxylic acid groups (broad SMARTS) is 1. The summed E-state index contributed by atoms with van der Waals surface area (Å²) in [6, 6.07) is 6.13. The van der Waals surface area contributed by atoms with E-state index in [9.17, 15) is 40.2 Å². The lowest BCUT2D eigenvalue weighted by Crippen LogP contribution is -2.59. The number of ether oxygens (including phenoxy) is 3. The quantitative estimate of drug-likeness (QED) is 0.210. The van der Waals surface area contributed by atoms with Crippen molar-refractivity contribution in [3.05, 3.63) is 58.7 Å². The fourth-order valence-electron chi connectivity index (χ4n) is 3.91. The molecule has 0 bridgehead atoms. The van der Waals surface area contributed by atoms with Crippen LogP contribution in [0.2, 0.25) is 0 Å². The number of aromatic hydroxyl groups is 1. The molecule has 1 aromatic carbocycles. The van der Waals surface area contributed by atoms with Crippen LogP contribution in [0.5, 0.6) is 5.75 Å². The molecule has 6 atom stereocenters. The van der Waals surface area contributed by atoms with Gasteiger partial charge in [0.05, 0.1) is 18.8 Å². The summed E-state index contributed by atoms with van der Waals surface area (Å²) < 4.78 is 16.1. The topological polar surface area (TPSA) is 183 Å². The first-order valence-electron chi connectivity index (χ1n) is 10.9. The Labute approximate surface area is 200 Å². The molecule has 1 aromatic rings. The highest BCUT2D eigenvalue weighted by atomic mass is 16.7. The first-order valence-corrected chi connectivity index (χ1v) is 10.9. The number of hydrogen-bond donors (Lipinski definition) is 6. The van der Waals surface area contributed by atoms with Crippen LogP contribution in [0, 0.1) is 0 Å². The maximum Gasteiger partial charge on any atom is 0.336 e. The van der Waals surface area contributed by atoms with E-state index in [4.69, 9.17) is 14.2 Å². The molecular formula is C24H28O11. The molecule has 6 N–H and O–H groups in total. The van der Waals surface area contributed by atoms with Gasteiger partial charge in [-0.15, -0.1) is 0 Å². The van der Waals surface area contributed by atoms with E-state index in [0.29, 0.717) is 11.1 Å². The highest BCUT2D eigenvalue weighted by Crippen LogP contribution is 2.34. The smallest absolute Gasteiger partial charge is 0.336 e. The lowest BCUT2D eigenvalue weighted by molar-refractivity contribution is -0.298. The zero-order chi connectivity index (χ0) is 25.7. The number of carbonyl (C=O) groups is 2. The number of aliphatic carboxylic acids is 1. The molecule has 190 valence electrons. The molecule has 0 radical (unpaired) electrons. The van der Waals surface area contributed by atoms with Gasteiger partial charge < -0.3 is 44.8 Å². The molecule has 35 heavy (non-hydrogen) atoms. The molecule has 11 nitrogen and oxygen atoms in total. The van der Waals surface area contributed by atoms with E-state index in [1.807, 2.05) is 0 Å². The molecule has 1 unspecified atom stereocenters. The van der Waals surface area contributed by atoms with E-state index in [1.54, 1.807) is 19.1 Å². The summed E-state index contributed by atoms with van der Waals surface area (Å²) in [5, 5.41) is 58.0. The molecule has 1 aliphatic heterocycles. The molecule has 1 aliphatic carbocycles. The van der Waals surface area contributed by atoms with Gasteiger partial charge in [0.2, 0.25) is 0 Å². The van der Waals surface area contributed by atoms with E-state index in [-0.39, 0.29) is 29.9 Å². The van der Waals surface area contributed by atoms with Gasteiger partial charge in [-0.3, -0.25) is 0 Å². The SMILES string of the molecule is CC1=C(C(=O)O)/C(=C\CO[C@@H]2O[C@H](CO)[C@@H](O)[C@H](O)[C@H]2O)C(OC(=O)/C=C\c2ccc(O)cc2)C1. The number of aliphatic hydroxyl groups excluding tert-OH is 4. The molecule has 3 rings (SSSR count). The predicted molar refractivity (Wildman–Crippen MR) is 120 cm³/mol. The van der Waals surface area contributed by atoms with Gasteiger partial charge in [0.1, 0.15) is 36.3 Å². The number of carboxylic acids is 1. The van der Waals surface area contributed by atoms with Gasteiger partial charge in [-0.1, -0.05) is 23.8 Å². The van der Waals surface area contributed by atoms with Crippen molar-refractivity contribution in [1.29, 1.82) is 0 Å². The average molecular weight is 492 g/mol. The number of benzene rings is 1. The van der Waals surface area contributed by atoms with E-state index in [0.717, 1.165) is 0 Å². The maximum absolute atomic E-state index is 12.4. The third-order valence-electron chi connectivity index (χ3n) is 5.74. The van der Waals surface area contributed by atoms with E-state index < -0.39 is 55.4 Å². The minimum absolute atomic E-state index is 0.0253. The number of esters is 1. The van der Waals surface area contributed by atoms with Crippen LogP contribution < -0.4 is 0 Å². The molecule has 11 heteroatoms. The lowest BCUT2D eigenvalue weighted by Gasteiger charge is -2.39. The molecule has 1 heterocycles. The van der Waals surface area contributed by atoms with Crippen molar-refractivity contribution in [2.75, 3.05) is 13.2 Å². The highest BCUT2D eigenvalue weighted by molar-refractivity contribution is 5.95. The van der Waals surface area contributed by atoms with Crippen molar-refractivity contribution >= 4 is 18.0 Å². The van der Waals surface area contributed by atoms with Crippen molar-refractivity contribution in [2.24, 2.45) is 0 Å². The molecule has 0 spiro atoms. The minimum Gasteiger partial charge on any atom is -0.508 e. The van der Waals surface area contributed by atoms with Crippen LogP contribution in [0.4, 0.5) is 0 Å². The maximum atomic E-state index is 12.4. The van der Waals surface area contributed by atoms with Gasteiger partial charge in [-0.05, 0) is 30.7 Å². The third kappa shape index (κ3) is 6.34. The second-order valence-electron chi connectivity index (χ2n) is 8.21. The summed E-state index contributed by atoms with van der Waals surface area (Å²) in [6.45, 7) is 0.710. The summed E-state index contributed by atoms with van der Waals surface area (Å²) >= 11 is 0. The predicted octanol–water partition coefficient (Wildman–Crippen LogP) is -0.135. The van der Waals surface area contributed by atoms with Crippen LogP contribution in [0.15, 0.2) is 53.1 Å². The molecule has 1 fully saturated rings. The molecule has 1 saturated heterocycles. The summed E-state index contributed by atoms with van der Waals surface area (Å²) in [5.41, 5.74) is 1.32. The molecule has 2 aliphatic rings. The Bertz CT molecular complexity index is 1010. The second-order valence-corrected chi connectivity index (χ2v) is 8.21. The van der Waals surface area contributed by atoms with E-state index >= 15 is 0 Å². The van der Waals surface area contributed by atoms with Gasteiger partial charge in [-0.2, -0.15) is 0 Å². The third-order valence-corrected chi connectivity index (χ3v) is 5.74. The standard InChI is InChI=1S/C24H28O11/c1-12-10-16(34-18(27)7-4-13-2-5-14(26)6-3-13)15(19(12)23(31)32)8-9-33-24-22(30)21(29)20(28)17(11-25)35-24/h2-8,16-17,20-22,24-26,28-30H,9-11H2,1H3,(H,31,32)/b7-4-,15-8-/t16?,17-,20-,21+,22-,24-/m1/s1. The Morgan fingerprint density at radius 3 is 2.43 bits per heavy atom. The van der Waals surface area contributed by atoms with Crippen LogP contribution in [-0.4, -0.2) is 92.6 Å². The Morgan fingerprint density at radius 2 is 1.80 bits per heavy atom. The van der Waals surface area contributed by atoms with Crippen LogP contribution >= 0.6 is 0 Å². The summed E-state index contributed by atoms with van der Waals surface area (Å²) in [6.07, 6.45) is -3.99. The number of aliphatic hydroxyl groups is 4. The van der Waals surface area contributed by atoms with Crippen LogP contribution in [0.3, 0.4) is 0 Å². The number of hydrogen-bond acceptors (Lipinski definition) is 10. The van der Waals surface area contributed by atoms with Crippen molar-refractivity contribution in [3.8, 4) is 5.75 Å². The second kappa shape index (κ2) is 11.6. The van der Waals surface area contributed by atoms with E-state index in [2.05, 4.69) is 0 Å². The number of carbonyl (C=O) groups excluding carboxylic acids is 1. The minimum atomic E-state index is -1.61. The van der Waals surface area contributed by atoms with Gasteiger partial charge >= 0.3 is 11.9 Å². The van der Waals surface area contributed by atoms with Crippen LogP contribution in [-0.2, 0) is 23.8 Å². The monoisotopic (exact) mass is 492 g/mol. The Kier molecular flexibility index (Phi) is 8.78. The average Bonchev–Trinajstić information content (AvgIpc) is 3.13. The zero-order valence-electron chi connectivity index (χ0n) is 18.9. The Morgan fingerprint density at radius 1 is 1.11 bits per heavy atom. The first-order chi connectivity index (χ1) is 16.6. The molecule has 0 amide bonds. The Hall–Kier alpha value is -3.06. The normalized spacial score (nSPS) is 30.3. The fourth-order valence-corrected chi connectivity index (χ4v) is 3.91.